The Kier molecular flexibility index (Phi) is 3.29. The van der Waals surface area contributed by atoms with E-state index in [1.54, 1.807) is 0 Å². The highest BCUT2D eigenvalue weighted by atomic mass is 16.5. The van der Waals surface area contributed by atoms with Crippen LogP contribution in [0.2, 0.25) is 0 Å². The molecule has 18 heavy (non-hydrogen) atoms. The lowest BCUT2D eigenvalue weighted by Crippen LogP contribution is -2.36. The number of benzene rings is 1. The first-order chi connectivity index (χ1) is 8.72. The standard InChI is InChI=1S/C16H23NO/c1-11-6-7-16-13(8-11)10-14(18-16)9-12-4-2-3-5-15(12)17/h6-8,12,14-15H,2-5,9-10,17H2,1H3. The summed E-state index contributed by atoms with van der Waals surface area (Å²) in [6.07, 6.45) is 7.70. The van der Waals surface area contributed by atoms with E-state index in [1.807, 2.05) is 0 Å². The predicted octanol–water partition coefficient (Wildman–Crippen LogP) is 3.21. The average molecular weight is 245 g/mol. The van der Waals surface area contributed by atoms with Gasteiger partial charge in [0.25, 0.3) is 0 Å². The van der Waals surface area contributed by atoms with Crippen molar-refractivity contribution < 1.29 is 4.74 Å². The summed E-state index contributed by atoms with van der Waals surface area (Å²) in [5.41, 5.74) is 8.94. The van der Waals surface area contributed by atoms with Crippen LogP contribution in [-0.4, -0.2) is 12.1 Å². The van der Waals surface area contributed by atoms with Crippen molar-refractivity contribution in [3.8, 4) is 5.75 Å². The highest BCUT2D eigenvalue weighted by Gasteiger charge is 2.29. The molecule has 98 valence electrons. The van der Waals surface area contributed by atoms with Crippen molar-refractivity contribution in [2.75, 3.05) is 0 Å². The minimum Gasteiger partial charge on any atom is -0.490 e. The van der Waals surface area contributed by atoms with Crippen molar-refractivity contribution >= 4 is 0 Å². The Bertz CT molecular complexity index is 429. The summed E-state index contributed by atoms with van der Waals surface area (Å²) in [5, 5.41) is 0. The van der Waals surface area contributed by atoms with E-state index in [-0.39, 0.29) is 0 Å². The van der Waals surface area contributed by atoms with E-state index < -0.39 is 0 Å². The smallest absolute Gasteiger partial charge is 0.123 e. The van der Waals surface area contributed by atoms with Gasteiger partial charge >= 0.3 is 0 Å². The summed E-state index contributed by atoms with van der Waals surface area (Å²) < 4.78 is 6.06. The third-order valence-corrected chi connectivity index (χ3v) is 4.49. The lowest BCUT2D eigenvalue weighted by molar-refractivity contribution is 0.164. The van der Waals surface area contributed by atoms with Crippen molar-refractivity contribution in [2.45, 2.75) is 57.6 Å². The van der Waals surface area contributed by atoms with Crippen LogP contribution in [-0.2, 0) is 6.42 Å². The number of aryl methyl sites for hydroxylation is 1. The maximum absolute atomic E-state index is 6.23. The SMILES string of the molecule is Cc1ccc2c(c1)CC(CC1CCCCC1N)O2. The number of nitrogens with two attached hydrogens (primary N) is 1. The zero-order valence-corrected chi connectivity index (χ0v) is 11.2. The third-order valence-electron chi connectivity index (χ3n) is 4.49. The topological polar surface area (TPSA) is 35.2 Å². The molecule has 0 amide bonds. The van der Waals surface area contributed by atoms with Crippen molar-refractivity contribution in [3.63, 3.8) is 0 Å². The lowest BCUT2D eigenvalue weighted by atomic mass is 9.81. The minimum absolute atomic E-state index is 0.357. The second-order valence-electron chi connectivity index (χ2n) is 6.00. The monoisotopic (exact) mass is 245 g/mol. The first-order valence-electron chi connectivity index (χ1n) is 7.24. The number of rotatable bonds is 2. The third kappa shape index (κ3) is 2.39. The fraction of sp³-hybridized carbons (Fsp3) is 0.625. The quantitative estimate of drug-likeness (QED) is 0.868. The Labute approximate surface area is 110 Å². The molecule has 1 aliphatic heterocycles. The maximum Gasteiger partial charge on any atom is 0.123 e. The van der Waals surface area contributed by atoms with Crippen LogP contribution in [0.5, 0.6) is 5.75 Å². The molecule has 2 N–H and O–H groups in total. The number of hydrogen-bond acceptors (Lipinski definition) is 2. The largest absolute Gasteiger partial charge is 0.490 e. The van der Waals surface area contributed by atoms with Crippen LogP contribution in [0.4, 0.5) is 0 Å². The lowest BCUT2D eigenvalue weighted by Gasteiger charge is -2.30. The molecule has 1 saturated carbocycles. The molecule has 0 saturated heterocycles. The molecule has 0 aromatic heterocycles. The van der Waals surface area contributed by atoms with Crippen LogP contribution < -0.4 is 10.5 Å². The Hall–Kier alpha value is -1.02. The number of hydrogen-bond donors (Lipinski definition) is 1. The molecule has 2 aliphatic rings. The van der Waals surface area contributed by atoms with Gasteiger partial charge < -0.3 is 10.5 Å². The van der Waals surface area contributed by atoms with Gasteiger partial charge in [-0.2, -0.15) is 0 Å². The molecular formula is C16H23NO. The Morgan fingerprint density at radius 3 is 2.94 bits per heavy atom. The van der Waals surface area contributed by atoms with Crippen LogP contribution >= 0.6 is 0 Å². The van der Waals surface area contributed by atoms with Gasteiger partial charge in [0, 0.05) is 12.5 Å². The summed E-state index contributed by atoms with van der Waals surface area (Å²) >= 11 is 0. The van der Waals surface area contributed by atoms with Gasteiger partial charge in [-0.05, 0) is 43.7 Å². The summed E-state index contributed by atoms with van der Waals surface area (Å²) in [6, 6.07) is 6.91. The van der Waals surface area contributed by atoms with Gasteiger partial charge in [0.1, 0.15) is 11.9 Å². The Balaban J connectivity index is 1.63. The zero-order valence-electron chi connectivity index (χ0n) is 11.2. The second-order valence-corrected chi connectivity index (χ2v) is 6.00. The molecule has 2 heteroatoms. The molecule has 1 fully saturated rings. The van der Waals surface area contributed by atoms with Gasteiger partial charge in [0.15, 0.2) is 0 Å². The molecule has 2 nitrogen and oxygen atoms in total. The first kappa shape index (κ1) is 12.0. The van der Waals surface area contributed by atoms with Crippen LogP contribution in [0.25, 0.3) is 0 Å². The van der Waals surface area contributed by atoms with E-state index in [9.17, 15) is 0 Å². The van der Waals surface area contributed by atoms with E-state index in [4.69, 9.17) is 10.5 Å². The Morgan fingerprint density at radius 1 is 1.28 bits per heavy atom. The van der Waals surface area contributed by atoms with E-state index in [1.165, 1.54) is 36.8 Å². The van der Waals surface area contributed by atoms with Crippen molar-refractivity contribution in [3.05, 3.63) is 29.3 Å². The van der Waals surface area contributed by atoms with E-state index in [0.29, 0.717) is 18.1 Å². The van der Waals surface area contributed by atoms with E-state index in [2.05, 4.69) is 25.1 Å². The van der Waals surface area contributed by atoms with Gasteiger partial charge in [-0.25, -0.2) is 0 Å². The van der Waals surface area contributed by atoms with E-state index >= 15 is 0 Å². The molecule has 1 aromatic carbocycles. The van der Waals surface area contributed by atoms with Gasteiger partial charge in [-0.15, -0.1) is 0 Å². The average Bonchev–Trinajstić information content (AvgIpc) is 2.73. The van der Waals surface area contributed by atoms with Gasteiger partial charge in [-0.3, -0.25) is 0 Å². The van der Waals surface area contributed by atoms with Crippen LogP contribution in [0.3, 0.4) is 0 Å². The maximum atomic E-state index is 6.23. The molecule has 0 bridgehead atoms. The van der Waals surface area contributed by atoms with Crippen molar-refractivity contribution in [1.29, 1.82) is 0 Å². The van der Waals surface area contributed by atoms with E-state index in [0.717, 1.165) is 18.6 Å². The van der Waals surface area contributed by atoms with Crippen molar-refractivity contribution in [1.82, 2.24) is 0 Å². The van der Waals surface area contributed by atoms with Crippen LogP contribution in [0.15, 0.2) is 18.2 Å². The summed E-state index contributed by atoms with van der Waals surface area (Å²) in [6.45, 7) is 2.14. The summed E-state index contributed by atoms with van der Waals surface area (Å²) in [7, 11) is 0. The van der Waals surface area contributed by atoms with Crippen molar-refractivity contribution in [2.24, 2.45) is 11.7 Å². The number of fused-ring (bicyclic) bond motifs is 1. The first-order valence-corrected chi connectivity index (χ1v) is 7.24. The minimum atomic E-state index is 0.357. The molecule has 1 aromatic rings. The molecule has 3 unspecified atom stereocenters. The molecule has 0 spiro atoms. The van der Waals surface area contributed by atoms with Gasteiger partial charge in [0.05, 0.1) is 0 Å². The Morgan fingerprint density at radius 2 is 2.11 bits per heavy atom. The predicted molar refractivity (Wildman–Crippen MR) is 73.8 cm³/mol. The molecule has 0 radical (unpaired) electrons. The van der Waals surface area contributed by atoms with Crippen LogP contribution in [0, 0.1) is 12.8 Å². The second kappa shape index (κ2) is 4.93. The normalized spacial score (nSPS) is 30.9. The van der Waals surface area contributed by atoms with Crippen LogP contribution in [0.1, 0.15) is 43.2 Å². The molecule has 1 heterocycles. The number of ether oxygens (including phenoxy) is 1. The zero-order chi connectivity index (χ0) is 12.5. The molecule has 3 rings (SSSR count). The summed E-state index contributed by atoms with van der Waals surface area (Å²) in [5.74, 6) is 1.76. The molecule has 1 aliphatic carbocycles. The fourth-order valence-corrected chi connectivity index (χ4v) is 3.45. The molecular weight excluding hydrogens is 222 g/mol. The summed E-state index contributed by atoms with van der Waals surface area (Å²) in [4.78, 5) is 0. The highest BCUT2D eigenvalue weighted by molar-refractivity contribution is 5.40. The van der Waals surface area contributed by atoms with Gasteiger partial charge in [-0.1, -0.05) is 30.5 Å². The fourth-order valence-electron chi connectivity index (χ4n) is 3.45. The highest BCUT2D eigenvalue weighted by Crippen LogP contribution is 2.35. The van der Waals surface area contributed by atoms with Gasteiger partial charge in [0.2, 0.25) is 0 Å². The molecule has 3 atom stereocenters.